The van der Waals surface area contributed by atoms with Gasteiger partial charge in [0, 0.05) is 28.3 Å². The maximum Gasteiger partial charge on any atom is 0.322 e. The van der Waals surface area contributed by atoms with Crippen LogP contribution in [-0.4, -0.2) is 164 Å². The molecule has 10 N–H and O–H groups in total. The first-order valence-electron chi connectivity index (χ1n) is 18.7. The Hall–Kier alpha value is -5.26. The van der Waals surface area contributed by atoms with E-state index in [0.717, 1.165) is 12.1 Å². The number of ether oxygens (including phenoxy) is 5. The zero-order chi connectivity index (χ0) is 43.8. The number of amides is 1. The van der Waals surface area contributed by atoms with Crippen LogP contribution in [0.15, 0.2) is 24.3 Å². The minimum atomic E-state index is -1.89. The van der Waals surface area contributed by atoms with Crippen molar-refractivity contribution in [2.24, 2.45) is 0 Å². The van der Waals surface area contributed by atoms with Crippen LogP contribution in [0.3, 0.4) is 0 Å². The van der Waals surface area contributed by atoms with Crippen LogP contribution < -0.4 is 10.1 Å². The van der Waals surface area contributed by atoms with Crippen molar-refractivity contribution in [3.05, 3.63) is 68.8 Å². The van der Waals surface area contributed by atoms with Gasteiger partial charge in [-0.3, -0.25) is 19.2 Å². The number of phenolic OH excluding ortho intramolecular Hbond substituents is 3. The number of phenols is 3. The van der Waals surface area contributed by atoms with Crippen molar-refractivity contribution in [1.29, 1.82) is 0 Å². The molecule has 0 bridgehead atoms. The fraction of sp³-hybridized carbons (Fsp3) is 0.450. The molecule has 11 atom stereocenters. The van der Waals surface area contributed by atoms with Crippen molar-refractivity contribution in [2.75, 3.05) is 34.4 Å². The third-order valence-corrected chi connectivity index (χ3v) is 11.3. The molecular formula is C40H44N2O18. The molecule has 322 valence electrons. The Bertz CT molecular complexity index is 2280. The molecule has 2 aliphatic heterocycles. The van der Waals surface area contributed by atoms with Gasteiger partial charge < -0.3 is 79.9 Å². The zero-order valence-corrected chi connectivity index (χ0v) is 32.7. The molecule has 0 saturated carbocycles. The van der Waals surface area contributed by atoms with Gasteiger partial charge in [0.2, 0.25) is 0 Å². The molecule has 60 heavy (non-hydrogen) atoms. The second kappa shape index (κ2) is 16.0. The Morgan fingerprint density at radius 2 is 1.48 bits per heavy atom. The van der Waals surface area contributed by atoms with Gasteiger partial charge in [-0.2, -0.15) is 0 Å². The molecule has 0 radical (unpaired) electrons. The number of fused-ring (bicyclic) bond motifs is 5. The molecule has 7 rings (SSSR count). The third kappa shape index (κ3) is 6.93. The quantitative estimate of drug-likeness (QED) is 0.100. The van der Waals surface area contributed by atoms with Crippen LogP contribution in [0.25, 0.3) is 11.1 Å². The van der Waals surface area contributed by atoms with Gasteiger partial charge in [0.05, 0.1) is 42.6 Å². The van der Waals surface area contributed by atoms with Crippen LogP contribution >= 0.6 is 0 Å². The minimum absolute atomic E-state index is 0.0176. The average Bonchev–Trinajstić information content (AvgIpc) is 3.18. The lowest BCUT2D eigenvalue weighted by Crippen LogP contribution is -2.65. The van der Waals surface area contributed by atoms with E-state index < -0.39 is 149 Å². The Balaban J connectivity index is 1.36. The van der Waals surface area contributed by atoms with Gasteiger partial charge in [-0.25, -0.2) is 0 Å². The van der Waals surface area contributed by atoms with Crippen molar-refractivity contribution in [3.8, 4) is 34.1 Å². The molecule has 0 spiro atoms. The number of rotatable bonds is 9. The molecule has 3 aromatic carbocycles. The fourth-order valence-corrected chi connectivity index (χ4v) is 8.51. The fourth-order valence-electron chi connectivity index (χ4n) is 8.51. The topological polar surface area (TPSA) is 312 Å². The molecule has 0 aromatic heterocycles. The van der Waals surface area contributed by atoms with E-state index in [-0.39, 0.29) is 33.6 Å². The van der Waals surface area contributed by atoms with Crippen LogP contribution in [0.1, 0.15) is 78.0 Å². The molecule has 1 amide bonds. The van der Waals surface area contributed by atoms with E-state index in [2.05, 4.69) is 5.32 Å². The summed E-state index contributed by atoms with van der Waals surface area (Å²) >= 11 is 0. The number of carbonyl (C=O) groups is 4. The lowest BCUT2D eigenvalue weighted by Gasteiger charge is -2.49. The number of ketones is 2. The maximum atomic E-state index is 14.1. The Kier molecular flexibility index (Phi) is 11.4. The molecule has 20 nitrogen and oxygen atoms in total. The molecular weight excluding hydrogens is 796 g/mol. The number of nitrogens with zero attached hydrogens (tertiary/aromatic N) is 1. The molecule has 2 aliphatic carbocycles. The first kappa shape index (κ1) is 42.8. The Morgan fingerprint density at radius 1 is 0.833 bits per heavy atom. The number of benzene rings is 3. The summed E-state index contributed by atoms with van der Waals surface area (Å²) in [6.45, 7) is 1.77. The van der Waals surface area contributed by atoms with Crippen molar-refractivity contribution >= 4 is 23.4 Å². The number of hydrogen-bond donors (Lipinski definition) is 10. The number of methoxy groups -OCH3 is 1. The van der Waals surface area contributed by atoms with Crippen molar-refractivity contribution < 1.29 is 88.8 Å². The first-order valence-corrected chi connectivity index (χ1v) is 18.7. The van der Waals surface area contributed by atoms with E-state index in [9.17, 15) is 65.1 Å². The van der Waals surface area contributed by atoms with Crippen LogP contribution in [0.2, 0.25) is 0 Å². The van der Waals surface area contributed by atoms with Crippen LogP contribution in [0, 0.1) is 6.92 Å². The molecule has 20 heteroatoms. The number of aryl methyl sites for hydroxylation is 1. The third-order valence-electron chi connectivity index (χ3n) is 11.3. The Labute approximate surface area is 340 Å². The van der Waals surface area contributed by atoms with Crippen molar-refractivity contribution in [2.45, 2.75) is 81.3 Å². The summed E-state index contributed by atoms with van der Waals surface area (Å²) in [4.78, 5) is 54.4. The van der Waals surface area contributed by atoms with Gasteiger partial charge in [0.25, 0.3) is 5.91 Å². The Morgan fingerprint density at radius 3 is 2.13 bits per heavy atom. The van der Waals surface area contributed by atoms with E-state index >= 15 is 0 Å². The van der Waals surface area contributed by atoms with Gasteiger partial charge >= 0.3 is 5.97 Å². The summed E-state index contributed by atoms with van der Waals surface area (Å²) in [6.07, 6.45) is -15.5. The highest BCUT2D eigenvalue weighted by molar-refractivity contribution is 6.31. The molecule has 2 heterocycles. The van der Waals surface area contributed by atoms with Gasteiger partial charge in [-0.1, -0.05) is 6.07 Å². The first-order chi connectivity index (χ1) is 28.3. The largest absolute Gasteiger partial charge is 0.507 e. The number of aliphatic hydroxyl groups is 5. The number of carbonyl (C=O) groups excluding carboxylic acids is 3. The summed E-state index contributed by atoms with van der Waals surface area (Å²) in [5.74, 6) is -6.61. The SMILES string of the molecule is COc1cc(O)c2c(c1)C(=O)c1c(cc3c(c1O)-c1c(cc(C)c(C(=O)NCC(=O)O)c1O)[C@H](OC1OC(C)C(N(C)C)C(OC4OCC(O)C(O)C4O)C1O)[C@H]3O)C2=O. The van der Waals surface area contributed by atoms with E-state index in [4.69, 9.17) is 23.7 Å². The van der Waals surface area contributed by atoms with Gasteiger partial charge in [-0.05, 0) is 56.8 Å². The molecule has 2 fully saturated rings. The van der Waals surface area contributed by atoms with Gasteiger partial charge in [-0.15, -0.1) is 0 Å². The van der Waals surface area contributed by atoms with E-state index in [1.54, 1.807) is 25.9 Å². The molecule has 9 unspecified atom stereocenters. The highest BCUT2D eigenvalue weighted by Crippen LogP contribution is 2.57. The standard InChI is InChI=1S/C40H44N2O18/c1-12-6-18-25(32(51)22(12)38(55)41-10-21(45)46)24-16(9-17-26(33(24)52)29(48)15-7-14(56-5)8-19(43)23(15)28(17)47)30(49)36(18)59-40-35(54)37(27(42(3)4)13(2)58-40)60-39-34(53)31(50)20(44)11-57-39/h6-9,13,20,27,30-31,34-37,39-40,43-44,49-54H,10-11H2,1-5H3,(H,41,55)(H,45,46)/t13?,20?,27?,30-,31?,34?,35?,36-,37?,39?,40?/m0/s1. The summed E-state index contributed by atoms with van der Waals surface area (Å²) in [5, 5.41) is 101. The van der Waals surface area contributed by atoms with Gasteiger partial charge in [0.15, 0.2) is 24.1 Å². The normalized spacial score (nSPS) is 29.6. The predicted octanol–water partition coefficient (Wildman–Crippen LogP) is -0.658. The predicted molar refractivity (Wildman–Crippen MR) is 201 cm³/mol. The number of carboxylic acid groups (broad SMARTS) is 1. The van der Waals surface area contributed by atoms with Crippen LogP contribution in [0.4, 0.5) is 0 Å². The second-order valence-corrected chi connectivity index (χ2v) is 15.3. The summed E-state index contributed by atoms with van der Waals surface area (Å²) in [5.41, 5.74) is -3.32. The monoisotopic (exact) mass is 840 g/mol. The number of likely N-dealkylation sites (N-methyl/N-ethyl adjacent to an activating group) is 1. The molecule has 4 aliphatic rings. The minimum Gasteiger partial charge on any atom is -0.507 e. The second-order valence-electron chi connectivity index (χ2n) is 15.3. The highest BCUT2D eigenvalue weighted by atomic mass is 16.7. The van der Waals surface area contributed by atoms with Crippen molar-refractivity contribution in [3.63, 3.8) is 0 Å². The number of aromatic hydroxyl groups is 3. The highest BCUT2D eigenvalue weighted by Gasteiger charge is 2.52. The zero-order valence-electron chi connectivity index (χ0n) is 32.7. The molecule has 2 saturated heterocycles. The van der Waals surface area contributed by atoms with E-state index in [0.29, 0.717) is 0 Å². The lowest BCUT2D eigenvalue weighted by molar-refractivity contribution is -0.345. The van der Waals surface area contributed by atoms with E-state index in [1.807, 2.05) is 0 Å². The van der Waals surface area contributed by atoms with Crippen LogP contribution in [-0.2, 0) is 23.7 Å². The maximum absolute atomic E-state index is 14.1. The van der Waals surface area contributed by atoms with Crippen LogP contribution in [0.5, 0.6) is 23.0 Å². The number of nitrogens with one attached hydrogen (secondary N) is 1. The number of hydrogen-bond acceptors (Lipinski definition) is 18. The summed E-state index contributed by atoms with van der Waals surface area (Å²) < 4.78 is 29.2. The lowest BCUT2D eigenvalue weighted by atomic mass is 9.74. The smallest absolute Gasteiger partial charge is 0.322 e. The summed E-state index contributed by atoms with van der Waals surface area (Å²) in [7, 11) is 4.59. The molecule has 3 aromatic rings. The van der Waals surface area contributed by atoms with Crippen molar-refractivity contribution in [1.82, 2.24) is 10.2 Å². The summed E-state index contributed by atoms with van der Waals surface area (Å²) in [6, 6.07) is 3.92. The average molecular weight is 841 g/mol. The van der Waals surface area contributed by atoms with E-state index in [1.165, 1.54) is 26.2 Å². The van der Waals surface area contributed by atoms with Gasteiger partial charge in [0.1, 0.15) is 72.3 Å². The number of aliphatic carboxylic acids is 1. The number of carboxylic acids is 1. The number of aliphatic hydroxyl groups excluding tert-OH is 5.